The minimum Gasteiger partial charge on any atom is -0.368 e. The summed E-state index contributed by atoms with van der Waals surface area (Å²) in [5.74, 6) is -0.806. The molecule has 5 nitrogen and oxygen atoms in total. The predicted molar refractivity (Wildman–Crippen MR) is 101 cm³/mol. The van der Waals surface area contributed by atoms with Crippen molar-refractivity contribution in [1.29, 1.82) is 0 Å². The van der Waals surface area contributed by atoms with Crippen LogP contribution in [-0.4, -0.2) is 27.3 Å². The molecule has 1 fully saturated rings. The van der Waals surface area contributed by atoms with Gasteiger partial charge in [-0.2, -0.15) is 0 Å². The number of nitrogens with zero attached hydrogens (tertiary/aromatic N) is 3. The zero-order valence-electron chi connectivity index (χ0n) is 15.0. The molecule has 2 aromatic carbocycles. The van der Waals surface area contributed by atoms with E-state index in [2.05, 4.69) is 9.97 Å². The molecule has 28 heavy (non-hydrogen) atoms. The number of nitrogen functional groups attached to an aromatic ring is 1. The van der Waals surface area contributed by atoms with Gasteiger partial charge in [0.2, 0.25) is 5.95 Å². The molecule has 1 aliphatic rings. The van der Waals surface area contributed by atoms with E-state index in [1.165, 1.54) is 36.4 Å². The monoisotopic (exact) mass is 380 g/mol. The number of likely N-dealkylation sites (tertiary alicyclic amines) is 1. The molecule has 0 radical (unpaired) electrons. The van der Waals surface area contributed by atoms with E-state index >= 15 is 0 Å². The summed E-state index contributed by atoms with van der Waals surface area (Å²) >= 11 is 0. The summed E-state index contributed by atoms with van der Waals surface area (Å²) in [6, 6.07) is 11.2. The Morgan fingerprint density at radius 1 is 1.04 bits per heavy atom. The van der Waals surface area contributed by atoms with E-state index in [0.29, 0.717) is 23.4 Å². The van der Waals surface area contributed by atoms with Crippen molar-refractivity contribution in [2.75, 3.05) is 12.3 Å². The number of amides is 1. The second-order valence-electron chi connectivity index (χ2n) is 6.70. The highest BCUT2D eigenvalue weighted by Crippen LogP contribution is 2.37. The van der Waals surface area contributed by atoms with Crippen molar-refractivity contribution in [2.24, 2.45) is 0 Å². The fourth-order valence-electron chi connectivity index (χ4n) is 3.57. The van der Waals surface area contributed by atoms with Crippen LogP contribution in [0.2, 0.25) is 0 Å². The molecule has 0 spiro atoms. The lowest BCUT2D eigenvalue weighted by Crippen LogP contribution is -2.31. The Bertz CT molecular complexity index is 1010. The van der Waals surface area contributed by atoms with Gasteiger partial charge in [-0.1, -0.05) is 12.1 Å². The Kier molecular flexibility index (Phi) is 4.73. The van der Waals surface area contributed by atoms with Crippen LogP contribution >= 0.6 is 0 Å². The van der Waals surface area contributed by atoms with Gasteiger partial charge in [-0.05, 0) is 54.8 Å². The molecule has 0 bridgehead atoms. The Morgan fingerprint density at radius 2 is 1.68 bits per heavy atom. The third-order valence-electron chi connectivity index (χ3n) is 4.91. The smallest absolute Gasteiger partial charge is 0.254 e. The van der Waals surface area contributed by atoms with Gasteiger partial charge in [0.1, 0.15) is 11.6 Å². The Labute approximate surface area is 160 Å². The molecule has 142 valence electrons. The second-order valence-corrected chi connectivity index (χ2v) is 6.70. The number of nitrogens with two attached hydrogens (primary N) is 1. The summed E-state index contributed by atoms with van der Waals surface area (Å²) in [5.41, 5.74) is 8.32. The van der Waals surface area contributed by atoms with Gasteiger partial charge >= 0.3 is 0 Å². The Balaban J connectivity index is 1.73. The van der Waals surface area contributed by atoms with E-state index in [-0.39, 0.29) is 23.7 Å². The van der Waals surface area contributed by atoms with E-state index in [1.54, 1.807) is 23.2 Å². The number of carbonyl (C=O) groups is 1. The highest BCUT2D eigenvalue weighted by molar-refractivity contribution is 5.94. The van der Waals surface area contributed by atoms with Crippen molar-refractivity contribution < 1.29 is 13.6 Å². The number of halogens is 2. The first-order chi connectivity index (χ1) is 13.5. The molecule has 1 atom stereocenters. The van der Waals surface area contributed by atoms with Gasteiger partial charge in [0.25, 0.3) is 5.91 Å². The third-order valence-corrected chi connectivity index (χ3v) is 4.91. The lowest BCUT2D eigenvalue weighted by atomic mass is 9.99. The standard InChI is InChI=1S/C21H18F2N4O/c22-15-7-3-13(4-8-15)17-12-25-21(24)26-19(17)18-2-1-11-27(18)20(28)14-5-9-16(23)10-6-14/h3-10,12,18H,1-2,11H2,(H2,24,25,26)/t18-/m0/s1. The molecule has 4 rings (SSSR count). The molecule has 3 aromatic rings. The molecule has 1 amide bonds. The first kappa shape index (κ1) is 18.0. The summed E-state index contributed by atoms with van der Waals surface area (Å²) in [7, 11) is 0. The van der Waals surface area contributed by atoms with E-state index in [9.17, 15) is 13.6 Å². The van der Waals surface area contributed by atoms with Crippen LogP contribution in [0.5, 0.6) is 0 Å². The molecule has 7 heteroatoms. The fourth-order valence-corrected chi connectivity index (χ4v) is 3.57. The van der Waals surface area contributed by atoms with Gasteiger partial charge in [0, 0.05) is 23.9 Å². The molecular formula is C21H18F2N4O. The highest BCUT2D eigenvalue weighted by Gasteiger charge is 2.33. The molecule has 2 heterocycles. The molecule has 1 aromatic heterocycles. The number of benzene rings is 2. The van der Waals surface area contributed by atoms with E-state index in [0.717, 1.165) is 18.4 Å². The summed E-state index contributed by atoms with van der Waals surface area (Å²) in [6.45, 7) is 0.563. The number of anilines is 1. The number of carbonyl (C=O) groups excluding carboxylic acids is 1. The van der Waals surface area contributed by atoms with E-state index in [4.69, 9.17) is 5.73 Å². The van der Waals surface area contributed by atoms with Crippen LogP contribution in [0.25, 0.3) is 11.1 Å². The number of aromatic nitrogens is 2. The largest absolute Gasteiger partial charge is 0.368 e. The number of hydrogen-bond donors (Lipinski definition) is 1. The van der Waals surface area contributed by atoms with Crippen LogP contribution in [-0.2, 0) is 0 Å². The number of rotatable bonds is 3. The maximum atomic E-state index is 13.3. The maximum absolute atomic E-state index is 13.3. The van der Waals surface area contributed by atoms with Crippen LogP contribution < -0.4 is 5.73 Å². The predicted octanol–water partition coefficient (Wildman–Crippen LogP) is 3.98. The molecule has 0 saturated carbocycles. The van der Waals surface area contributed by atoms with Crippen LogP contribution in [0.15, 0.2) is 54.7 Å². The zero-order valence-corrected chi connectivity index (χ0v) is 15.0. The van der Waals surface area contributed by atoms with Gasteiger partial charge in [0.05, 0.1) is 11.7 Å². The Morgan fingerprint density at radius 3 is 2.36 bits per heavy atom. The van der Waals surface area contributed by atoms with Gasteiger partial charge in [0.15, 0.2) is 0 Å². The van der Waals surface area contributed by atoms with Crippen LogP contribution in [0, 0.1) is 11.6 Å². The lowest BCUT2D eigenvalue weighted by molar-refractivity contribution is 0.0733. The summed E-state index contributed by atoms with van der Waals surface area (Å²) in [6.07, 6.45) is 3.13. The van der Waals surface area contributed by atoms with Crippen molar-refractivity contribution in [2.45, 2.75) is 18.9 Å². The van der Waals surface area contributed by atoms with Crippen molar-refractivity contribution in [3.05, 3.63) is 77.6 Å². The average molecular weight is 380 g/mol. The van der Waals surface area contributed by atoms with Crippen LogP contribution in [0.1, 0.15) is 34.9 Å². The van der Waals surface area contributed by atoms with E-state index in [1.807, 2.05) is 0 Å². The second kappa shape index (κ2) is 7.34. The molecule has 1 saturated heterocycles. The van der Waals surface area contributed by atoms with Crippen molar-refractivity contribution >= 4 is 11.9 Å². The SMILES string of the molecule is Nc1ncc(-c2ccc(F)cc2)c([C@@H]2CCCN2C(=O)c2ccc(F)cc2)n1. The topological polar surface area (TPSA) is 72.1 Å². The van der Waals surface area contributed by atoms with Gasteiger partial charge in [-0.3, -0.25) is 4.79 Å². The normalized spacial score (nSPS) is 16.4. The first-order valence-electron chi connectivity index (χ1n) is 8.98. The van der Waals surface area contributed by atoms with Crippen LogP contribution in [0.3, 0.4) is 0 Å². The molecule has 2 N–H and O–H groups in total. The summed E-state index contributed by atoms with van der Waals surface area (Å²) in [4.78, 5) is 23.2. The maximum Gasteiger partial charge on any atom is 0.254 e. The minimum absolute atomic E-state index is 0.113. The first-order valence-corrected chi connectivity index (χ1v) is 8.98. The molecule has 0 unspecified atom stereocenters. The van der Waals surface area contributed by atoms with Crippen molar-refractivity contribution in [1.82, 2.24) is 14.9 Å². The third kappa shape index (κ3) is 3.43. The average Bonchev–Trinajstić information content (AvgIpc) is 3.18. The minimum atomic E-state index is -0.392. The summed E-state index contributed by atoms with van der Waals surface area (Å²) < 4.78 is 26.5. The molecule has 0 aliphatic carbocycles. The lowest BCUT2D eigenvalue weighted by Gasteiger charge is -2.26. The van der Waals surface area contributed by atoms with Crippen LogP contribution in [0.4, 0.5) is 14.7 Å². The molecule has 1 aliphatic heterocycles. The van der Waals surface area contributed by atoms with Gasteiger partial charge in [-0.25, -0.2) is 18.7 Å². The van der Waals surface area contributed by atoms with Crippen molar-refractivity contribution in [3.63, 3.8) is 0 Å². The highest BCUT2D eigenvalue weighted by atomic mass is 19.1. The Hall–Kier alpha value is -3.35. The van der Waals surface area contributed by atoms with Crippen molar-refractivity contribution in [3.8, 4) is 11.1 Å². The van der Waals surface area contributed by atoms with Gasteiger partial charge < -0.3 is 10.6 Å². The summed E-state index contributed by atoms with van der Waals surface area (Å²) in [5, 5.41) is 0. The fraction of sp³-hybridized carbons (Fsp3) is 0.190. The van der Waals surface area contributed by atoms with Gasteiger partial charge in [-0.15, -0.1) is 0 Å². The zero-order chi connectivity index (χ0) is 19.7. The molecular weight excluding hydrogens is 362 g/mol. The van der Waals surface area contributed by atoms with E-state index < -0.39 is 5.82 Å². The quantitative estimate of drug-likeness (QED) is 0.746. The number of hydrogen-bond acceptors (Lipinski definition) is 4.